The van der Waals surface area contributed by atoms with Crippen molar-refractivity contribution >= 4 is 5.91 Å². The van der Waals surface area contributed by atoms with E-state index in [-0.39, 0.29) is 5.91 Å². The molecule has 132 valence electrons. The molecule has 2 N–H and O–H groups in total. The SMILES string of the molecule is O=C(NCCNC1CCN(Cc2ccccc2)CC1)c1ccccc1. The van der Waals surface area contributed by atoms with Gasteiger partial charge in [-0.25, -0.2) is 0 Å². The molecule has 1 heterocycles. The Labute approximate surface area is 150 Å². The van der Waals surface area contributed by atoms with Crippen LogP contribution in [0, 0.1) is 0 Å². The molecule has 1 aliphatic heterocycles. The first-order chi connectivity index (χ1) is 12.3. The highest BCUT2D eigenvalue weighted by Crippen LogP contribution is 2.13. The van der Waals surface area contributed by atoms with Gasteiger partial charge >= 0.3 is 0 Å². The number of piperidine rings is 1. The zero-order valence-corrected chi connectivity index (χ0v) is 14.7. The summed E-state index contributed by atoms with van der Waals surface area (Å²) in [5.74, 6) is 0.0000744. The third-order valence-corrected chi connectivity index (χ3v) is 4.72. The Balaban J connectivity index is 1.30. The van der Waals surface area contributed by atoms with E-state index in [1.807, 2.05) is 30.3 Å². The Morgan fingerprint density at radius 1 is 0.920 bits per heavy atom. The summed E-state index contributed by atoms with van der Waals surface area (Å²) in [5, 5.41) is 6.54. The van der Waals surface area contributed by atoms with Crippen LogP contribution in [0.25, 0.3) is 0 Å². The Morgan fingerprint density at radius 3 is 2.24 bits per heavy atom. The zero-order chi connectivity index (χ0) is 17.3. The van der Waals surface area contributed by atoms with Gasteiger partial charge in [0.15, 0.2) is 0 Å². The van der Waals surface area contributed by atoms with Gasteiger partial charge in [0.2, 0.25) is 0 Å². The first-order valence-corrected chi connectivity index (χ1v) is 9.14. The number of hydrogen-bond acceptors (Lipinski definition) is 3. The topological polar surface area (TPSA) is 44.4 Å². The number of carbonyl (C=O) groups excluding carboxylic acids is 1. The minimum Gasteiger partial charge on any atom is -0.351 e. The molecule has 0 unspecified atom stereocenters. The fraction of sp³-hybridized carbons (Fsp3) is 0.381. The van der Waals surface area contributed by atoms with Crippen LogP contribution >= 0.6 is 0 Å². The number of carbonyl (C=O) groups is 1. The van der Waals surface area contributed by atoms with E-state index in [1.165, 1.54) is 18.4 Å². The van der Waals surface area contributed by atoms with Crippen molar-refractivity contribution in [1.82, 2.24) is 15.5 Å². The normalized spacial score (nSPS) is 15.8. The molecule has 2 aromatic carbocycles. The molecule has 4 nitrogen and oxygen atoms in total. The number of rotatable bonds is 7. The van der Waals surface area contributed by atoms with Crippen LogP contribution in [0.4, 0.5) is 0 Å². The third-order valence-electron chi connectivity index (χ3n) is 4.72. The molecule has 1 aliphatic rings. The second-order valence-electron chi connectivity index (χ2n) is 6.61. The molecule has 0 radical (unpaired) electrons. The van der Waals surface area contributed by atoms with Crippen molar-refractivity contribution < 1.29 is 4.79 Å². The summed E-state index contributed by atoms with van der Waals surface area (Å²) >= 11 is 0. The number of benzene rings is 2. The summed E-state index contributed by atoms with van der Waals surface area (Å²) in [6, 6.07) is 20.6. The Bertz CT molecular complexity index is 637. The quantitative estimate of drug-likeness (QED) is 0.764. The van der Waals surface area contributed by atoms with Crippen molar-refractivity contribution in [3.05, 3.63) is 71.8 Å². The second kappa shape index (κ2) is 9.35. The molecule has 2 aromatic rings. The lowest BCUT2D eigenvalue weighted by Crippen LogP contribution is -2.44. The molecule has 0 spiro atoms. The molecular weight excluding hydrogens is 310 g/mol. The molecule has 4 heteroatoms. The molecule has 0 atom stereocenters. The third kappa shape index (κ3) is 5.69. The zero-order valence-electron chi connectivity index (χ0n) is 14.7. The number of amides is 1. The highest BCUT2D eigenvalue weighted by Gasteiger charge is 2.18. The average Bonchev–Trinajstić information content (AvgIpc) is 2.68. The van der Waals surface area contributed by atoms with E-state index in [0.29, 0.717) is 12.6 Å². The van der Waals surface area contributed by atoms with Crippen LogP contribution in [0.3, 0.4) is 0 Å². The van der Waals surface area contributed by atoms with Gasteiger partial charge in [-0.05, 0) is 43.6 Å². The van der Waals surface area contributed by atoms with Gasteiger partial charge in [0.05, 0.1) is 0 Å². The van der Waals surface area contributed by atoms with Gasteiger partial charge in [0, 0.05) is 31.2 Å². The Morgan fingerprint density at radius 2 is 1.56 bits per heavy atom. The molecule has 1 fully saturated rings. The average molecular weight is 337 g/mol. The van der Waals surface area contributed by atoms with Crippen LogP contribution in [-0.4, -0.2) is 43.0 Å². The van der Waals surface area contributed by atoms with E-state index in [9.17, 15) is 4.79 Å². The molecule has 3 rings (SSSR count). The van der Waals surface area contributed by atoms with Crippen LogP contribution in [0.15, 0.2) is 60.7 Å². The molecule has 0 aromatic heterocycles. The first-order valence-electron chi connectivity index (χ1n) is 9.14. The lowest BCUT2D eigenvalue weighted by molar-refractivity contribution is 0.0953. The predicted octanol–water partition coefficient (Wildman–Crippen LogP) is 2.67. The smallest absolute Gasteiger partial charge is 0.251 e. The standard InChI is InChI=1S/C21H27N3O/c25-21(19-9-5-2-6-10-19)23-14-13-22-20-11-15-24(16-12-20)17-18-7-3-1-4-8-18/h1-10,20,22H,11-17H2,(H,23,25). The fourth-order valence-electron chi connectivity index (χ4n) is 3.28. The van der Waals surface area contributed by atoms with E-state index in [1.54, 1.807) is 0 Å². The monoisotopic (exact) mass is 337 g/mol. The van der Waals surface area contributed by atoms with Crippen molar-refractivity contribution in [1.29, 1.82) is 0 Å². The maximum Gasteiger partial charge on any atom is 0.251 e. The maximum atomic E-state index is 12.0. The van der Waals surface area contributed by atoms with Crippen molar-refractivity contribution in [3.8, 4) is 0 Å². The lowest BCUT2D eigenvalue weighted by atomic mass is 10.0. The van der Waals surface area contributed by atoms with Gasteiger partial charge < -0.3 is 10.6 Å². The van der Waals surface area contributed by atoms with E-state index in [2.05, 4.69) is 45.9 Å². The Hall–Kier alpha value is -2.17. The first kappa shape index (κ1) is 17.6. The minimum absolute atomic E-state index is 0.0000744. The maximum absolute atomic E-state index is 12.0. The molecule has 0 aliphatic carbocycles. The number of hydrogen-bond donors (Lipinski definition) is 2. The molecule has 1 amide bonds. The van der Waals surface area contributed by atoms with Crippen LogP contribution in [0.5, 0.6) is 0 Å². The van der Waals surface area contributed by atoms with Gasteiger partial charge in [-0.15, -0.1) is 0 Å². The van der Waals surface area contributed by atoms with Gasteiger partial charge in [-0.3, -0.25) is 9.69 Å². The summed E-state index contributed by atoms with van der Waals surface area (Å²) in [7, 11) is 0. The highest BCUT2D eigenvalue weighted by molar-refractivity contribution is 5.94. The molecule has 0 saturated carbocycles. The van der Waals surface area contributed by atoms with Crippen LogP contribution in [-0.2, 0) is 6.54 Å². The number of nitrogens with one attached hydrogen (secondary N) is 2. The second-order valence-corrected chi connectivity index (χ2v) is 6.61. The summed E-state index contributed by atoms with van der Waals surface area (Å²) in [5.41, 5.74) is 2.11. The molecule has 25 heavy (non-hydrogen) atoms. The van der Waals surface area contributed by atoms with E-state index in [0.717, 1.165) is 31.7 Å². The highest BCUT2D eigenvalue weighted by atomic mass is 16.1. The van der Waals surface area contributed by atoms with E-state index < -0.39 is 0 Å². The van der Waals surface area contributed by atoms with Crippen molar-refractivity contribution in [2.75, 3.05) is 26.2 Å². The van der Waals surface area contributed by atoms with Gasteiger partial charge in [0.1, 0.15) is 0 Å². The van der Waals surface area contributed by atoms with Crippen molar-refractivity contribution in [2.45, 2.75) is 25.4 Å². The van der Waals surface area contributed by atoms with E-state index >= 15 is 0 Å². The van der Waals surface area contributed by atoms with E-state index in [4.69, 9.17) is 0 Å². The molecular formula is C21H27N3O. The lowest BCUT2D eigenvalue weighted by Gasteiger charge is -2.32. The predicted molar refractivity (Wildman–Crippen MR) is 102 cm³/mol. The largest absolute Gasteiger partial charge is 0.351 e. The summed E-state index contributed by atoms with van der Waals surface area (Å²) in [4.78, 5) is 14.5. The molecule has 1 saturated heterocycles. The Kier molecular flexibility index (Phi) is 6.60. The van der Waals surface area contributed by atoms with Crippen LogP contribution < -0.4 is 10.6 Å². The van der Waals surface area contributed by atoms with Crippen molar-refractivity contribution in [2.24, 2.45) is 0 Å². The van der Waals surface area contributed by atoms with Gasteiger partial charge in [-0.2, -0.15) is 0 Å². The summed E-state index contributed by atoms with van der Waals surface area (Å²) < 4.78 is 0. The minimum atomic E-state index is 0.0000744. The summed E-state index contributed by atoms with van der Waals surface area (Å²) in [6.45, 7) is 4.78. The van der Waals surface area contributed by atoms with Crippen molar-refractivity contribution in [3.63, 3.8) is 0 Å². The summed E-state index contributed by atoms with van der Waals surface area (Å²) in [6.07, 6.45) is 2.33. The number of nitrogens with zero attached hydrogens (tertiary/aromatic N) is 1. The fourth-order valence-corrected chi connectivity index (χ4v) is 3.28. The van der Waals surface area contributed by atoms with Crippen LogP contribution in [0.1, 0.15) is 28.8 Å². The van der Waals surface area contributed by atoms with Crippen LogP contribution in [0.2, 0.25) is 0 Å². The molecule has 0 bridgehead atoms. The number of likely N-dealkylation sites (tertiary alicyclic amines) is 1. The van der Waals surface area contributed by atoms with Gasteiger partial charge in [-0.1, -0.05) is 48.5 Å². The van der Waals surface area contributed by atoms with Gasteiger partial charge in [0.25, 0.3) is 5.91 Å².